The fraction of sp³-hybridized carbons (Fsp3) is 0.632. The molecule has 2 rings (SSSR count). The highest BCUT2D eigenvalue weighted by Gasteiger charge is 2.37. The predicted molar refractivity (Wildman–Crippen MR) is 86.2 cm³/mol. The van der Waals surface area contributed by atoms with E-state index in [0.717, 1.165) is 6.42 Å². The predicted octanol–water partition coefficient (Wildman–Crippen LogP) is 4.87. The van der Waals surface area contributed by atoms with E-state index in [-0.39, 0.29) is 11.7 Å². The molecule has 0 aromatic heterocycles. The van der Waals surface area contributed by atoms with E-state index in [1.54, 1.807) is 0 Å². The van der Waals surface area contributed by atoms with Gasteiger partial charge in [0, 0.05) is 12.8 Å². The zero-order valence-corrected chi connectivity index (χ0v) is 13.6. The standard InChI is InChI=1S/C19H28O2/c1-4-5-7-10-15-13-17(20)14-18(15)21-19(2,3)16-11-8-6-9-12-16/h6,8-9,11-12,15,18H,4-5,7,10,13-14H2,1-3H3/t15-,18-/m1/s1. The van der Waals surface area contributed by atoms with Gasteiger partial charge in [-0.1, -0.05) is 56.5 Å². The number of hydrogen-bond acceptors (Lipinski definition) is 2. The summed E-state index contributed by atoms with van der Waals surface area (Å²) in [5.74, 6) is 0.775. The third-order valence-corrected chi connectivity index (χ3v) is 4.54. The van der Waals surface area contributed by atoms with Gasteiger partial charge in [0.15, 0.2) is 0 Å². The Morgan fingerprint density at radius 1 is 1.14 bits per heavy atom. The molecule has 0 heterocycles. The minimum absolute atomic E-state index is 0.0876. The van der Waals surface area contributed by atoms with Gasteiger partial charge in [-0.2, -0.15) is 0 Å². The van der Waals surface area contributed by atoms with Gasteiger partial charge in [-0.05, 0) is 31.7 Å². The topological polar surface area (TPSA) is 26.3 Å². The van der Waals surface area contributed by atoms with Crippen LogP contribution < -0.4 is 0 Å². The Morgan fingerprint density at radius 3 is 2.52 bits per heavy atom. The Morgan fingerprint density at radius 2 is 1.86 bits per heavy atom. The highest BCUT2D eigenvalue weighted by Crippen LogP contribution is 2.36. The first kappa shape index (κ1) is 16.2. The van der Waals surface area contributed by atoms with Crippen LogP contribution in [0.1, 0.15) is 64.9 Å². The fourth-order valence-corrected chi connectivity index (χ4v) is 3.27. The molecule has 0 saturated heterocycles. The van der Waals surface area contributed by atoms with Crippen molar-refractivity contribution in [3.05, 3.63) is 35.9 Å². The summed E-state index contributed by atoms with van der Waals surface area (Å²) in [6.45, 7) is 6.43. The first-order valence-electron chi connectivity index (χ1n) is 8.28. The Labute approximate surface area is 128 Å². The number of carbonyl (C=O) groups is 1. The second-order valence-corrected chi connectivity index (χ2v) is 6.74. The lowest BCUT2D eigenvalue weighted by atomic mass is 9.94. The second-order valence-electron chi connectivity index (χ2n) is 6.74. The van der Waals surface area contributed by atoms with Crippen LogP contribution in [0, 0.1) is 5.92 Å². The Bertz CT molecular complexity index is 450. The Balaban J connectivity index is 2.00. The van der Waals surface area contributed by atoms with Gasteiger partial charge in [0.2, 0.25) is 0 Å². The lowest BCUT2D eigenvalue weighted by Crippen LogP contribution is -2.30. The molecule has 1 aliphatic carbocycles. The van der Waals surface area contributed by atoms with E-state index >= 15 is 0 Å². The monoisotopic (exact) mass is 288 g/mol. The summed E-state index contributed by atoms with van der Waals surface area (Å²) in [6, 6.07) is 10.3. The van der Waals surface area contributed by atoms with E-state index in [4.69, 9.17) is 4.74 Å². The van der Waals surface area contributed by atoms with Crippen molar-refractivity contribution in [1.29, 1.82) is 0 Å². The molecule has 1 fully saturated rings. The van der Waals surface area contributed by atoms with Crippen LogP contribution in [0.4, 0.5) is 0 Å². The van der Waals surface area contributed by atoms with Crippen LogP contribution in [0.5, 0.6) is 0 Å². The molecule has 1 aromatic rings. The summed E-state index contributed by atoms with van der Waals surface area (Å²) in [5.41, 5.74) is 0.844. The van der Waals surface area contributed by atoms with Crippen LogP contribution in [-0.2, 0) is 15.1 Å². The van der Waals surface area contributed by atoms with Gasteiger partial charge in [-0.15, -0.1) is 0 Å². The second kappa shape index (κ2) is 7.22. The third-order valence-electron chi connectivity index (χ3n) is 4.54. The zero-order valence-electron chi connectivity index (χ0n) is 13.6. The summed E-state index contributed by atoms with van der Waals surface area (Å²) in [4.78, 5) is 11.8. The van der Waals surface area contributed by atoms with Gasteiger partial charge >= 0.3 is 0 Å². The average Bonchev–Trinajstić information content (AvgIpc) is 2.79. The van der Waals surface area contributed by atoms with E-state index in [0.29, 0.717) is 24.5 Å². The maximum absolute atomic E-state index is 11.8. The van der Waals surface area contributed by atoms with Crippen molar-refractivity contribution in [2.24, 2.45) is 5.92 Å². The number of ketones is 1. The molecule has 1 aliphatic rings. The van der Waals surface area contributed by atoms with Crippen molar-refractivity contribution in [2.45, 2.75) is 71.0 Å². The van der Waals surface area contributed by atoms with E-state index in [1.807, 2.05) is 18.2 Å². The molecule has 1 saturated carbocycles. The number of unbranched alkanes of at least 4 members (excludes halogenated alkanes) is 2. The molecule has 2 atom stereocenters. The van der Waals surface area contributed by atoms with Gasteiger partial charge in [-0.25, -0.2) is 0 Å². The van der Waals surface area contributed by atoms with Crippen molar-refractivity contribution in [3.8, 4) is 0 Å². The first-order valence-corrected chi connectivity index (χ1v) is 8.28. The molecule has 0 N–H and O–H groups in total. The van der Waals surface area contributed by atoms with Crippen molar-refractivity contribution in [3.63, 3.8) is 0 Å². The van der Waals surface area contributed by atoms with Crippen LogP contribution in [0.15, 0.2) is 30.3 Å². The molecule has 0 radical (unpaired) electrons. The summed E-state index contributed by atoms with van der Waals surface area (Å²) in [5, 5.41) is 0. The van der Waals surface area contributed by atoms with Crippen LogP contribution >= 0.6 is 0 Å². The summed E-state index contributed by atoms with van der Waals surface area (Å²) < 4.78 is 6.38. The molecule has 21 heavy (non-hydrogen) atoms. The first-order chi connectivity index (χ1) is 10.0. The minimum Gasteiger partial charge on any atom is -0.367 e. The normalized spacial score (nSPS) is 22.7. The SMILES string of the molecule is CCCCC[C@@H]1CC(=O)C[C@H]1OC(C)(C)c1ccccc1. The molecule has 0 aliphatic heterocycles. The highest BCUT2D eigenvalue weighted by atomic mass is 16.5. The van der Waals surface area contributed by atoms with E-state index in [2.05, 4.69) is 32.9 Å². The maximum atomic E-state index is 11.8. The van der Waals surface area contributed by atoms with Crippen LogP contribution in [0.2, 0.25) is 0 Å². The highest BCUT2D eigenvalue weighted by molar-refractivity contribution is 5.81. The third kappa shape index (κ3) is 4.41. The molecule has 0 amide bonds. The van der Waals surface area contributed by atoms with Crippen LogP contribution in [-0.4, -0.2) is 11.9 Å². The van der Waals surface area contributed by atoms with E-state index < -0.39 is 0 Å². The molecule has 2 nitrogen and oxygen atoms in total. The number of ether oxygens (including phenoxy) is 1. The molecule has 0 spiro atoms. The van der Waals surface area contributed by atoms with Crippen LogP contribution in [0.3, 0.4) is 0 Å². The zero-order chi connectivity index (χ0) is 15.3. The number of rotatable bonds is 7. The van der Waals surface area contributed by atoms with E-state index in [9.17, 15) is 4.79 Å². The van der Waals surface area contributed by atoms with Gasteiger partial charge in [0.25, 0.3) is 0 Å². The average molecular weight is 288 g/mol. The smallest absolute Gasteiger partial charge is 0.135 e. The van der Waals surface area contributed by atoms with Crippen molar-refractivity contribution in [1.82, 2.24) is 0 Å². The van der Waals surface area contributed by atoms with Gasteiger partial charge in [0.05, 0.1) is 11.7 Å². The lowest BCUT2D eigenvalue weighted by Gasteiger charge is -2.32. The number of hydrogen-bond donors (Lipinski definition) is 0. The van der Waals surface area contributed by atoms with Gasteiger partial charge in [0.1, 0.15) is 5.78 Å². The fourth-order valence-electron chi connectivity index (χ4n) is 3.27. The van der Waals surface area contributed by atoms with Crippen molar-refractivity contribution >= 4 is 5.78 Å². The summed E-state index contributed by atoms with van der Waals surface area (Å²) >= 11 is 0. The molecule has 0 unspecified atom stereocenters. The molecular formula is C19H28O2. The maximum Gasteiger partial charge on any atom is 0.135 e. The van der Waals surface area contributed by atoms with Gasteiger partial charge < -0.3 is 4.74 Å². The molecule has 2 heteroatoms. The minimum atomic E-state index is -0.334. The van der Waals surface area contributed by atoms with Gasteiger partial charge in [-0.3, -0.25) is 4.79 Å². The quantitative estimate of drug-likeness (QED) is 0.669. The Kier molecular flexibility index (Phi) is 5.58. The lowest BCUT2D eigenvalue weighted by molar-refractivity contribution is -0.120. The molecule has 116 valence electrons. The number of benzene rings is 1. The summed E-state index contributed by atoms with van der Waals surface area (Å²) in [7, 11) is 0. The molecular weight excluding hydrogens is 260 g/mol. The van der Waals surface area contributed by atoms with Crippen molar-refractivity contribution in [2.75, 3.05) is 0 Å². The Hall–Kier alpha value is -1.15. The van der Waals surface area contributed by atoms with Crippen LogP contribution in [0.25, 0.3) is 0 Å². The van der Waals surface area contributed by atoms with Crippen molar-refractivity contribution < 1.29 is 9.53 Å². The molecule has 0 bridgehead atoms. The van der Waals surface area contributed by atoms with E-state index in [1.165, 1.54) is 24.8 Å². The summed E-state index contributed by atoms with van der Waals surface area (Å²) in [6.07, 6.45) is 6.19. The largest absolute Gasteiger partial charge is 0.367 e. The number of carbonyl (C=O) groups excluding carboxylic acids is 1. The number of Topliss-reactive ketones (excluding diaryl/α,β-unsaturated/α-hetero) is 1. The molecule has 1 aromatic carbocycles.